The minimum atomic E-state index is -0.341. The maximum absolute atomic E-state index is 11.5. The molecule has 30 heavy (non-hydrogen) atoms. The van der Waals surface area contributed by atoms with Crippen LogP contribution >= 0.6 is 25.3 Å². The van der Waals surface area contributed by atoms with Crippen molar-refractivity contribution in [2.24, 2.45) is 5.92 Å². The SMILES string of the molecule is O=[N+]([O-])c1ccccc1-c1ccc(S)c(N2CCC(Cc3ccccc3)CC2)c1S. The van der Waals surface area contributed by atoms with Crippen LogP contribution in [0.2, 0.25) is 0 Å². The molecule has 4 nitrogen and oxygen atoms in total. The van der Waals surface area contributed by atoms with Crippen LogP contribution in [0.4, 0.5) is 11.4 Å². The summed E-state index contributed by atoms with van der Waals surface area (Å²) in [7, 11) is 0. The highest BCUT2D eigenvalue weighted by atomic mass is 32.1. The number of rotatable bonds is 5. The van der Waals surface area contributed by atoms with Gasteiger partial charge in [0.15, 0.2) is 0 Å². The summed E-state index contributed by atoms with van der Waals surface area (Å²) in [6, 6.07) is 21.2. The Morgan fingerprint density at radius 2 is 1.57 bits per heavy atom. The molecule has 3 aromatic carbocycles. The molecule has 3 aromatic rings. The number of para-hydroxylation sites is 1. The van der Waals surface area contributed by atoms with Crippen LogP contribution in [0.1, 0.15) is 18.4 Å². The van der Waals surface area contributed by atoms with E-state index in [2.05, 4.69) is 47.9 Å². The van der Waals surface area contributed by atoms with Gasteiger partial charge < -0.3 is 4.90 Å². The number of benzene rings is 3. The summed E-state index contributed by atoms with van der Waals surface area (Å²) in [4.78, 5) is 15.1. The molecule has 6 heteroatoms. The van der Waals surface area contributed by atoms with E-state index >= 15 is 0 Å². The van der Waals surface area contributed by atoms with E-state index in [4.69, 9.17) is 12.6 Å². The van der Waals surface area contributed by atoms with E-state index in [1.807, 2.05) is 18.2 Å². The van der Waals surface area contributed by atoms with Crippen LogP contribution in [0.5, 0.6) is 0 Å². The van der Waals surface area contributed by atoms with Gasteiger partial charge in [-0.05, 0) is 42.9 Å². The molecule has 0 N–H and O–H groups in total. The van der Waals surface area contributed by atoms with Crippen molar-refractivity contribution in [2.45, 2.75) is 29.1 Å². The van der Waals surface area contributed by atoms with Crippen molar-refractivity contribution in [2.75, 3.05) is 18.0 Å². The maximum Gasteiger partial charge on any atom is 0.277 e. The number of thiol groups is 2. The molecule has 0 aliphatic carbocycles. The number of hydrogen-bond donors (Lipinski definition) is 2. The van der Waals surface area contributed by atoms with Gasteiger partial charge in [0.2, 0.25) is 0 Å². The molecule has 0 radical (unpaired) electrons. The molecule has 0 spiro atoms. The van der Waals surface area contributed by atoms with E-state index in [1.54, 1.807) is 12.1 Å². The van der Waals surface area contributed by atoms with Crippen LogP contribution in [0.25, 0.3) is 11.1 Å². The second-order valence-electron chi connectivity index (χ2n) is 7.72. The van der Waals surface area contributed by atoms with Gasteiger partial charge >= 0.3 is 0 Å². The minimum Gasteiger partial charge on any atom is -0.370 e. The number of nitro groups is 1. The first-order valence-corrected chi connectivity index (χ1v) is 11.0. The van der Waals surface area contributed by atoms with Crippen LogP contribution in [-0.4, -0.2) is 18.0 Å². The van der Waals surface area contributed by atoms with Gasteiger partial charge in [-0.1, -0.05) is 48.5 Å². The number of hydrogen-bond acceptors (Lipinski definition) is 5. The topological polar surface area (TPSA) is 46.4 Å². The Hall–Kier alpha value is -2.44. The minimum absolute atomic E-state index is 0.0900. The third-order valence-electron chi connectivity index (χ3n) is 5.82. The van der Waals surface area contributed by atoms with E-state index in [1.165, 1.54) is 11.6 Å². The number of anilines is 1. The maximum atomic E-state index is 11.5. The monoisotopic (exact) mass is 436 g/mol. The molecule has 1 fully saturated rings. The van der Waals surface area contributed by atoms with Crippen molar-refractivity contribution in [3.05, 3.63) is 82.4 Å². The summed E-state index contributed by atoms with van der Waals surface area (Å²) in [5.74, 6) is 0.661. The van der Waals surface area contributed by atoms with Crippen LogP contribution < -0.4 is 4.90 Å². The molecule has 0 bridgehead atoms. The summed E-state index contributed by atoms with van der Waals surface area (Å²) in [5.41, 5.74) is 3.80. The van der Waals surface area contributed by atoms with E-state index in [-0.39, 0.29) is 10.6 Å². The highest BCUT2D eigenvalue weighted by Gasteiger charge is 2.25. The molecule has 154 valence electrons. The van der Waals surface area contributed by atoms with Gasteiger partial charge in [-0.25, -0.2) is 0 Å². The number of nitrogens with zero attached hydrogens (tertiary/aromatic N) is 2. The van der Waals surface area contributed by atoms with E-state index in [0.29, 0.717) is 11.5 Å². The van der Waals surface area contributed by atoms with Gasteiger partial charge in [0.1, 0.15) is 0 Å². The molecule has 0 aromatic heterocycles. The summed E-state index contributed by atoms with van der Waals surface area (Å²) in [6.07, 6.45) is 3.31. The Morgan fingerprint density at radius 3 is 2.27 bits per heavy atom. The first kappa shape index (κ1) is 20.8. The molecule has 0 unspecified atom stereocenters. The van der Waals surface area contributed by atoms with E-state index in [0.717, 1.165) is 53.4 Å². The smallest absolute Gasteiger partial charge is 0.277 e. The molecule has 0 atom stereocenters. The van der Waals surface area contributed by atoms with Crippen molar-refractivity contribution in [1.82, 2.24) is 0 Å². The van der Waals surface area contributed by atoms with Crippen LogP contribution in [-0.2, 0) is 6.42 Å². The van der Waals surface area contributed by atoms with Crippen LogP contribution in [0.15, 0.2) is 76.5 Å². The van der Waals surface area contributed by atoms with Gasteiger partial charge in [0.25, 0.3) is 5.69 Å². The highest BCUT2D eigenvalue weighted by molar-refractivity contribution is 7.81. The standard InChI is InChI=1S/C24H24N2O2S2/c27-26(28)21-9-5-4-8-19(21)20-10-11-22(29)23(24(20)30)25-14-12-18(13-15-25)16-17-6-2-1-3-7-17/h1-11,18,29-30H,12-16H2. The zero-order valence-electron chi connectivity index (χ0n) is 16.6. The molecule has 0 amide bonds. The lowest BCUT2D eigenvalue weighted by Crippen LogP contribution is -2.34. The van der Waals surface area contributed by atoms with Gasteiger partial charge in [-0.15, -0.1) is 25.3 Å². The Morgan fingerprint density at radius 1 is 0.900 bits per heavy atom. The Bertz CT molecular complexity index is 1050. The molecule has 0 saturated carbocycles. The Balaban J connectivity index is 1.57. The zero-order chi connectivity index (χ0) is 21.1. The van der Waals surface area contributed by atoms with Gasteiger partial charge in [-0.2, -0.15) is 0 Å². The fraction of sp³-hybridized carbons (Fsp3) is 0.250. The van der Waals surface area contributed by atoms with Crippen molar-refractivity contribution in [3.8, 4) is 11.1 Å². The molecule has 1 saturated heterocycles. The summed E-state index contributed by atoms with van der Waals surface area (Å²) in [5, 5.41) is 11.5. The highest BCUT2D eigenvalue weighted by Crippen LogP contribution is 2.42. The van der Waals surface area contributed by atoms with Crippen molar-refractivity contribution in [3.63, 3.8) is 0 Å². The third kappa shape index (κ3) is 4.35. The molecular weight excluding hydrogens is 412 g/mol. The lowest BCUT2D eigenvalue weighted by atomic mass is 9.90. The van der Waals surface area contributed by atoms with Crippen LogP contribution in [0.3, 0.4) is 0 Å². The second-order valence-corrected chi connectivity index (χ2v) is 8.65. The molecule has 4 rings (SSSR count). The van der Waals surface area contributed by atoms with Gasteiger partial charge in [-0.3, -0.25) is 10.1 Å². The Labute approximate surface area is 187 Å². The fourth-order valence-corrected chi connectivity index (χ4v) is 5.14. The second kappa shape index (κ2) is 9.14. The van der Waals surface area contributed by atoms with Gasteiger partial charge in [0, 0.05) is 34.5 Å². The van der Waals surface area contributed by atoms with Crippen molar-refractivity contribution < 1.29 is 4.92 Å². The predicted octanol–water partition coefficient (Wildman–Crippen LogP) is 6.30. The first-order chi connectivity index (χ1) is 14.5. The number of piperidine rings is 1. The lowest BCUT2D eigenvalue weighted by Gasteiger charge is -2.35. The van der Waals surface area contributed by atoms with E-state index < -0.39 is 0 Å². The largest absolute Gasteiger partial charge is 0.370 e. The van der Waals surface area contributed by atoms with E-state index in [9.17, 15) is 10.1 Å². The molecule has 1 aliphatic rings. The average molecular weight is 437 g/mol. The zero-order valence-corrected chi connectivity index (χ0v) is 18.4. The predicted molar refractivity (Wildman–Crippen MR) is 128 cm³/mol. The fourth-order valence-electron chi connectivity index (χ4n) is 4.27. The van der Waals surface area contributed by atoms with Gasteiger partial charge in [0.05, 0.1) is 16.2 Å². The summed E-state index contributed by atoms with van der Waals surface area (Å²) in [6.45, 7) is 1.86. The average Bonchev–Trinajstić information content (AvgIpc) is 2.76. The van der Waals surface area contributed by atoms with Crippen molar-refractivity contribution in [1.29, 1.82) is 0 Å². The molecular formula is C24H24N2O2S2. The quantitative estimate of drug-likeness (QED) is 0.280. The third-order valence-corrected chi connectivity index (χ3v) is 6.63. The summed E-state index contributed by atoms with van der Waals surface area (Å²) < 4.78 is 0. The first-order valence-electron chi connectivity index (χ1n) is 10.1. The molecule has 1 aliphatic heterocycles. The summed E-state index contributed by atoms with van der Waals surface area (Å²) >= 11 is 9.49. The van der Waals surface area contributed by atoms with Crippen LogP contribution in [0, 0.1) is 16.0 Å². The molecule has 1 heterocycles. The van der Waals surface area contributed by atoms with Crippen molar-refractivity contribution >= 4 is 36.6 Å². The normalized spacial score (nSPS) is 14.7. The number of nitro benzene ring substituents is 1. The Kier molecular flexibility index (Phi) is 6.35. The lowest BCUT2D eigenvalue weighted by molar-refractivity contribution is -0.384.